The minimum atomic E-state index is -3.38. The van der Waals surface area contributed by atoms with Gasteiger partial charge in [-0.1, -0.05) is 18.5 Å². The standard InChI is InChI=1S/C15H21ClN2O3S/c1-11-5-4-8-18(10-11)15(19)13-9-12(6-7-14(13)16)17(2)22(3,20)21/h6-7,9,11H,4-5,8,10H2,1-3H3/t11-/m0/s1. The number of likely N-dealkylation sites (tertiary alicyclic amines) is 1. The molecule has 5 nitrogen and oxygen atoms in total. The molecule has 22 heavy (non-hydrogen) atoms. The fourth-order valence-electron chi connectivity index (χ4n) is 2.61. The van der Waals surface area contributed by atoms with E-state index in [1.807, 2.05) is 0 Å². The zero-order chi connectivity index (χ0) is 16.5. The molecule has 1 aliphatic heterocycles. The second kappa shape index (κ2) is 6.46. The Hall–Kier alpha value is -1.27. The minimum Gasteiger partial charge on any atom is -0.338 e. The van der Waals surface area contributed by atoms with E-state index in [1.54, 1.807) is 23.1 Å². The average molecular weight is 345 g/mol. The number of amides is 1. The monoisotopic (exact) mass is 344 g/mol. The zero-order valence-corrected chi connectivity index (χ0v) is 14.6. The summed E-state index contributed by atoms with van der Waals surface area (Å²) in [5.41, 5.74) is 0.782. The van der Waals surface area contributed by atoms with Gasteiger partial charge in [-0.15, -0.1) is 0 Å². The van der Waals surface area contributed by atoms with Crippen molar-refractivity contribution in [2.45, 2.75) is 19.8 Å². The Kier molecular flexibility index (Phi) is 5.02. The van der Waals surface area contributed by atoms with Crippen LogP contribution in [-0.4, -0.2) is 45.6 Å². The third-order valence-electron chi connectivity index (χ3n) is 3.99. The molecule has 0 bridgehead atoms. The first-order chi connectivity index (χ1) is 10.2. The highest BCUT2D eigenvalue weighted by molar-refractivity contribution is 7.92. The van der Waals surface area contributed by atoms with Crippen molar-refractivity contribution in [3.63, 3.8) is 0 Å². The van der Waals surface area contributed by atoms with E-state index < -0.39 is 10.0 Å². The van der Waals surface area contributed by atoms with Crippen molar-refractivity contribution in [2.24, 2.45) is 5.92 Å². The minimum absolute atomic E-state index is 0.139. The largest absolute Gasteiger partial charge is 0.338 e. The van der Waals surface area contributed by atoms with Gasteiger partial charge in [0.1, 0.15) is 0 Å². The molecule has 2 rings (SSSR count). The lowest BCUT2D eigenvalue weighted by Crippen LogP contribution is -2.39. The summed E-state index contributed by atoms with van der Waals surface area (Å²) in [4.78, 5) is 14.5. The molecule has 1 saturated heterocycles. The highest BCUT2D eigenvalue weighted by Crippen LogP contribution is 2.27. The zero-order valence-electron chi connectivity index (χ0n) is 13.0. The summed E-state index contributed by atoms with van der Waals surface area (Å²) in [5.74, 6) is 0.332. The van der Waals surface area contributed by atoms with Crippen LogP contribution in [0, 0.1) is 5.92 Å². The Morgan fingerprint density at radius 2 is 2.09 bits per heavy atom. The Morgan fingerprint density at radius 3 is 2.68 bits per heavy atom. The average Bonchev–Trinajstić information content (AvgIpc) is 2.45. The first-order valence-corrected chi connectivity index (χ1v) is 9.45. The van der Waals surface area contributed by atoms with Gasteiger partial charge in [0.05, 0.1) is 22.5 Å². The lowest BCUT2D eigenvalue weighted by Gasteiger charge is -2.31. The normalized spacial score (nSPS) is 19.1. The molecule has 0 saturated carbocycles. The summed E-state index contributed by atoms with van der Waals surface area (Å²) in [5, 5.41) is 0.342. The molecule has 1 aliphatic rings. The molecular weight excluding hydrogens is 324 g/mol. The van der Waals surface area contributed by atoms with Crippen LogP contribution in [0.1, 0.15) is 30.1 Å². The maximum absolute atomic E-state index is 12.7. The third kappa shape index (κ3) is 3.73. The Balaban J connectivity index is 2.32. The predicted octanol–water partition coefficient (Wildman–Crippen LogP) is 2.61. The molecule has 0 aromatic heterocycles. The quantitative estimate of drug-likeness (QED) is 0.846. The van der Waals surface area contributed by atoms with E-state index in [-0.39, 0.29) is 5.91 Å². The highest BCUT2D eigenvalue weighted by Gasteiger charge is 2.24. The van der Waals surface area contributed by atoms with E-state index in [2.05, 4.69) is 6.92 Å². The fourth-order valence-corrected chi connectivity index (χ4v) is 3.30. The Bertz CT molecular complexity index is 675. The SMILES string of the molecule is C[C@H]1CCCN(C(=O)c2cc(N(C)S(C)(=O)=O)ccc2Cl)C1. The molecular formula is C15H21ClN2O3S. The number of carbonyl (C=O) groups is 1. The van der Waals surface area contributed by atoms with Gasteiger partial charge in [0, 0.05) is 20.1 Å². The number of sulfonamides is 1. The first kappa shape index (κ1) is 17.1. The van der Waals surface area contributed by atoms with E-state index >= 15 is 0 Å². The van der Waals surface area contributed by atoms with Gasteiger partial charge in [-0.05, 0) is 37.0 Å². The predicted molar refractivity (Wildman–Crippen MR) is 89.0 cm³/mol. The number of hydrogen-bond acceptors (Lipinski definition) is 3. The molecule has 122 valence electrons. The molecule has 0 spiro atoms. The van der Waals surface area contributed by atoms with Gasteiger partial charge in [0.25, 0.3) is 5.91 Å². The van der Waals surface area contributed by atoms with Crippen LogP contribution in [0.25, 0.3) is 0 Å². The molecule has 1 fully saturated rings. The number of carbonyl (C=O) groups excluding carboxylic acids is 1. The van der Waals surface area contributed by atoms with Gasteiger partial charge < -0.3 is 4.90 Å². The van der Waals surface area contributed by atoms with Gasteiger partial charge in [0.15, 0.2) is 0 Å². The van der Waals surface area contributed by atoms with Crippen molar-refractivity contribution in [2.75, 3.05) is 30.7 Å². The van der Waals surface area contributed by atoms with Gasteiger partial charge >= 0.3 is 0 Å². The van der Waals surface area contributed by atoms with E-state index in [4.69, 9.17) is 11.6 Å². The van der Waals surface area contributed by atoms with Crippen LogP contribution >= 0.6 is 11.6 Å². The molecule has 7 heteroatoms. The van der Waals surface area contributed by atoms with Crippen LogP contribution in [0.5, 0.6) is 0 Å². The molecule has 1 heterocycles. The van der Waals surface area contributed by atoms with E-state index in [9.17, 15) is 13.2 Å². The molecule has 0 unspecified atom stereocenters. The summed E-state index contributed by atoms with van der Waals surface area (Å²) < 4.78 is 24.4. The highest BCUT2D eigenvalue weighted by atomic mass is 35.5. The van der Waals surface area contributed by atoms with Gasteiger partial charge in [-0.25, -0.2) is 8.42 Å². The van der Waals surface area contributed by atoms with Crippen LogP contribution < -0.4 is 4.31 Å². The molecule has 0 aliphatic carbocycles. The van der Waals surface area contributed by atoms with Crippen LogP contribution in [0.2, 0.25) is 5.02 Å². The van der Waals surface area contributed by atoms with Crippen LogP contribution in [0.15, 0.2) is 18.2 Å². The lowest BCUT2D eigenvalue weighted by atomic mass is 9.99. The van der Waals surface area contributed by atoms with Gasteiger partial charge in [-0.3, -0.25) is 9.10 Å². The number of anilines is 1. The molecule has 1 aromatic rings. The smallest absolute Gasteiger partial charge is 0.255 e. The lowest BCUT2D eigenvalue weighted by molar-refractivity contribution is 0.0683. The Labute approximate surface area is 136 Å². The molecule has 1 atom stereocenters. The van der Waals surface area contributed by atoms with Crippen molar-refractivity contribution in [1.82, 2.24) is 4.90 Å². The van der Waals surface area contributed by atoms with Gasteiger partial charge in [0.2, 0.25) is 10.0 Å². The topological polar surface area (TPSA) is 57.7 Å². The number of nitrogens with zero attached hydrogens (tertiary/aromatic N) is 2. The molecule has 0 N–H and O–H groups in total. The summed E-state index contributed by atoms with van der Waals surface area (Å²) in [6.07, 6.45) is 3.22. The summed E-state index contributed by atoms with van der Waals surface area (Å²) in [6, 6.07) is 4.71. The number of halogens is 1. The summed E-state index contributed by atoms with van der Waals surface area (Å²) in [6.45, 7) is 3.54. The fraction of sp³-hybridized carbons (Fsp3) is 0.533. The molecule has 1 aromatic carbocycles. The second-order valence-electron chi connectivity index (χ2n) is 5.89. The molecule has 1 amide bonds. The Morgan fingerprint density at radius 1 is 1.41 bits per heavy atom. The second-order valence-corrected chi connectivity index (χ2v) is 8.31. The maximum Gasteiger partial charge on any atom is 0.255 e. The summed E-state index contributed by atoms with van der Waals surface area (Å²) in [7, 11) is -1.93. The third-order valence-corrected chi connectivity index (χ3v) is 5.52. The first-order valence-electron chi connectivity index (χ1n) is 7.23. The number of rotatable bonds is 3. The number of hydrogen-bond donors (Lipinski definition) is 0. The van der Waals surface area contributed by atoms with Crippen LogP contribution in [0.3, 0.4) is 0 Å². The van der Waals surface area contributed by atoms with E-state index in [0.29, 0.717) is 35.3 Å². The summed E-state index contributed by atoms with van der Waals surface area (Å²) >= 11 is 6.15. The van der Waals surface area contributed by atoms with Gasteiger partial charge in [-0.2, -0.15) is 0 Å². The number of benzene rings is 1. The maximum atomic E-state index is 12.7. The van der Waals surface area contributed by atoms with Crippen molar-refractivity contribution >= 4 is 33.2 Å². The number of piperidine rings is 1. The van der Waals surface area contributed by atoms with Crippen LogP contribution in [0.4, 0.5) is 5.69 Å². The van der Waals surface area contributed by atoms with Crippen molar-refractivity contribution in [3.8, 4) is 0 Å². The van der Waals surface area contributed by atoms with Crippen molar-refractivity contribution < 1.29 is 13.2 Å². The van der Waals surface area contributed by atoms with Crippen molar-refractivity contribution in [3.05, 3.63) is 28.8 Å². The van der Waals surface area contributed by atoms with E-state index in [1.165, 1.54) is 7.05 Å². The van der Waals surface area contributed by atoms with Crippen molar-refractivity contribution in [1.29, 1.82) is 0 Å². The van der Waals surface area contributed by atoms with Crippen LogP contribution in [-0.2, 0) is 10.0 Å². The molecule has 0 radical (unpaired) electrons. The van der Waals surface area contributed by atoms with E-state index in [0.717, 1.165) is 23.4 Å².